The summed E-state index contributed by atoms with van der Waals surface area (Å²) in [5.74, 6) is -3.27. The van der Waals surface area contributed by atoms with Crippen LogP contribution in [0, 0.1) is 11.6 Å². The minimum absolute atomic E-state index is 0.118. The normalized spacial score (nSPS) is 27.1. The molecule has 0 radical (unpaired) electrons. The largest absolute Gasteiger partial charge is 0.480 e. The molecule has 1 amide bonds. The summed E-state index contributed by atoms with van der Waals surface area (Å²) in [6.45, 7) is 1.50. The van der Waals surface area contributed by atoms with Crippen LogP contribution in [-0.2, 0) is 15.0 Å². The SMILES string of the molecule is CC1(c2cc(F)cc(F)c2)CC(=O)NC1C(=O)O. The summed E-state index contributed by atoms with van der Waals surface area (Å²) in [7, 11) is 0. The minimum atomic E-state index is -1.23. The Bertz CT molecular complexity index is 512. The van der Waals surface area contributed by atoms with Crippen LogP contribution in [0.4, 0.5) is 8.78 Å². The molecule has 0 aliphatic carbocycles. The number of nitrogens with one attached hydrogen (secondary N) is 1. The molecular formula is C12H11F2NO3. The van der Waals surface area contributed by atoms with Gasteiger partial charge in [0.2, 0.25) is 5.91 Å². The Morgan fingerprint density at radius 1 is 1.39 bits per heavy atom. The van der Waals surface area contributed by atoms with Crippen LogP contribution >= 0.6 is 0 Å². The molecule has 4 nitrogen and oxygen atoms in total. The topological polar surface area (TPSA) is 66.4 Å². The van der Waals surface area contributed by atoms with Crippen molar-refractivity contribution in [3.63, 3.8) is 0 Å². The Hall–Kier alpha value is -1.98. The van der Waals surface area contributed by atoms with Gasteiger partial charge in [-0.05, 0) is 17.7 Å². The van der Waals surface area contributed by atoms with Crippen molar-refractivity contribution < 1.29 is 23.5 Å². The average molecular weight is 255 g/mol. The lowest BCUT2D eigenvalue weighted by atomic mass is 9.76. The molecule has 18 heavy (non-hydrogen) atoms. The summed E-state index contributed by atoms with van der Waals surface area (Å²) >= 11 is 0. The maximum atomic E-state index is 13.2. The van der Waals surface area contributed by atoms with Crippen molar-refractivity contribution in [2.45, 2.75) is 24.8 Å². The molecular weight excluding hydrogens is 244 g/mol. The van der Waals surface area contributed by atoms with E-state index < -0.39 is 35.0 Å². The van der Waals surface area contributed by atoms with E-state index in [0.717, 1.165) is 12.1 Å². The second kappa shape index (κ2) is 4.04. The second-order valence-electron chi connectivity index (χ2n) is 4.59. The van der Waals surface area contributed by atoms with Gasteiger partial charge in [0.15, 0.2) is 0 Å². The van der Waals surface area contributed by atoms with Crippen LogP contribution in [-0.4, -0.2) is 23.0 Å². The van der Waals surface area contributed by atoms with Crippen LogP contribution in [0.1, 0.15) is 18.9 Å². The van der Waals surface area contributed by atoms with E-state index in [4.69, 9.17) is 5.11 Å². The van der Waals surface area contributed by atoms with Gasteiger partial charge < -0.3 is 10.4 Å². The molecule has 2 N–H and O–H groups in total. The van der Waals surface area contributed by atoms with Crippen LogP contribution in [0.15, 0.2) is 18.2 Å². The van der Waals surface area contributed by atoms with Gasteiger partial charge in [-0.3, -0.25) is 4.79 Å². The molecule has 0 spiro atoms. The molecule has 1 aliphatic heterocycles. The van der Waals surface area contributed by atoms with Crippen molar-refractivity contribution in [3.05, 3.63) is 35.4 Å². The van der Waals surface area contributed by atoms with Gasteiger partial charge >= 0.3 is 5.97 Å². The second-order valence-corrected chi connectivity index (χ2v) is 4.59. The molecule has 1 fully saturated rings. The standard InChI is InChI=1S/C12H11F2NO3/c1-12(5-9(16)15-10(12)11(17)18)6-2-7(13)4-8(14)3-6/h2-4,10H,5H2,1H3,(H,15,16)(H,17,18). The molecule has 6 heteroatoms. The summed E-state index contributed by atoms with van der Waals surface area (Å²) < 4.78 is 26.4. The van der Waals surface area contributed by atoms with Crippen LogP contribution in [0.2, 0.25) is 0 Å². The van der Waals surface area contributed by atoms with Crippen LogP contribution < -0.4 is 5.32 Å². The zero-order valence-corrected chi connectivity index (χ0v) is 9.54. The smallest absolute Gasteiger partial charge is 0.327 e. The van der Waals surface area contributed by atoms with Gasteiger partial charge in [-0.15, -0.1) is 0 Å². The van der Waals surface area contributed by atoms with Gasteiger partial charge in [0.25, 0.3) is 0 Å². The highest BCUT2D eigenvalue weighted by molar-refractivity contribution is 5.90. The fraction of sp³-hybridized carbons (Fsp3) is 0.333. The minimum Gasteiger partial charge on any atom is -0.480 e. The van der Waals surface area contributed by atoms with E-state index in [9.17, 15) is 18.4 Å². The van der Waals surface area contributed by atoms with Gasteiger partial charge in [0, 0.05) is 17.9 Å². The number of carboxylic acid groups (broad SMARTS) is 1. The van der Waals surface area contributed by atoms with E-state index in [-0.39, 0.29) is 12.0 Å². The van der Waals surface area contributed by atoms with E-state index in [2.05, 4.69) is 5.32 Å². The summed E-state index contributed by atoms with van der Waals surface area (Å²) in [4.78, 5) is 22.5. The fourth-order valence-electron chi connectivity index (χ4n) is 2.29. The van der Waals surface area contributed by atoms with Crippen molar-refractivity contribution in [1.29, 1.82) is 0 Å². The lowest BCUT2D eigenvalue weighted by molar-refractivity contribution is -0.141. The Morgan fingerprint density at radius 3 is 2.44 bits per heavy atom. The fourth-order valence-corrected chi connectivity index (χ4v) is 2.29. The summed E-state index contributed by atoms with van der Waals surface area (Å²) in [6, 6.07) is 1.62. The molecule has 1 aliphatic rings. The zero-order valence-electron chi connectivity index (χ0n) is 9.54. The van der Waals surface area contributed by atoms with Gasteiger partial charge in [-0.1, -0.05) is 6.92 Å². The van der Waals surface area contributed by atoms with Crippen molar-refractivity contribution in [3.8, 4) is 0 Å². The highest BCUT2D eigenvalue weighted by atomic mass is 19.1. The molecule has 0 bridgehead atoms. The summed E-state index contributed by atoms with van der Waals surface area (Å²) in [5.41, 5.74) is -1.00. The number of carbonyl (C=O) groups excluding carboxylic acids is 1. The van der Waals surface area contributed by atoms with Crippen LogP contribution in [0.25, 0.3) is 0 Å². The Morgan fingerprint density at radius 2 is 1.94 bits per heavy atom. The molecule has 2 unspecified atom stereocenters. The molecule has 2 atom stereocenters. The lowest BCUT2D eigenvalue weighted by Crippen LogP contribution is -2.44. The number of amides is 1. The van der Waals surface area contributed by atoms with Crippen LogP contribution in [0.5, 0.6) is 0 Å². The Kier molecular flexibility index (Phi) is 2.80. The van der Waals surface area contributed by atoms with Crippen molar-refractivity contribution in [2.75, 3.05) is 0 Å². The van der Waals surface area contributed by atoms with E-state index in [1.165, 1.54) is 6.92 Å². The predicted octanol–water partition coefficient (Wildman–Crippen LogP) is 1.20. The third-order valence-corrected chi connectivity index (χ3v) is 3.24. The number of halogens is 2. The quantitative estimate of drug-likeness (QED) is 0.834. The Balaban J connectivity index is 2.52. The van der Waals surface area contributed by atoms with Gasteiger partial charge in [-0.25, -0.2) is 13.6 Å². The van der Waals surface area contributed by atoms with E-state index in [0.29, 0.717) is 6.07 Å². The van der Waals surface area contributed by atoms with Gasteiger partial charge in [0.1, 0.15) is 17.7 Å². The molecule has 0 saturated carbocycles. The van der Waals surface area contributed by atoms with Gasteiger partial charge in [-0.2, -0.15) is 0 Å². The zero-order chi connectivity index (χ0) is 13.5. The maximum absolute atomic E-state index is 13.2. The van der Waals surface area contributed by atoms with E-state index in [1.54, 1.807) is 0 Å². The number of benzene rings is 1. The first-order chi connectivity index (χ1) is 8.33. The monoisotopic (exact) mass is 255 g/mol. The third-order valence-electron chi connectivity index (χ3n) is 3.24. The van der Waals surface area contributed by atoms with E-state index in [1.807, 2.05) is 0 Å². The molecule has 2 rings (SSSR count). The molecule has 1 saturated heterocycles. The highest BCUT2D eigenvalue weighted by Gasteiger charge is 2.48. The number of rotatable bonds is 2. The number of carboxylic acids is 1. The van der Waals surface area contributed by atoms with Crippen LogP contribution in [0.3, 0.4) is 0 Å². The molecule has 0 aromatic heterocycles. The molecule has 1 aromatic carbocycles. The highest BCUT2D eigenvalue weighted by Crippen LogP contribution is 2.36. The first kappa shape index (κ1) is 12.5. The first-order valence-electron chi connectivity index (χ1n) is 5.32. The van der Waals surface area contributed by atoms with Gasteiger partial charge in [0.05, 0.1) is 0 Å². The molecule has 96 valence electrons. The first-order valence-corrected chi connectivity index (χ1v) is 5.32. The third kappa shape index (κ3) is 1.94. The predicted molar refractivity (Wildman–Crippen MR) is 57.9 cm³/mol. The molecule has 1 heterocycles. The van der Waals surface area contributed by atoms with Crippen molar-refractivity contribution in [1.82, 2.24) is 5.32 Å². The number of aliphatic carboxylic acids is 1. The average Bonchev–Trinajstić information content (AvgIpc) is 2.54. The Labute approximate surface area is 102 Å². The van der Waals surface area contributed by atoms with Crippen molar-refractivity contribution >= 4 is 11.9 Å². The lowest BCUT2D eigenvalue weighted by Gasteiger charge is -2.27. The van der Waals surface area contributed by atoms with E-state index >= 15 is 0 Å². The number of carbonyl (C=O) groups is 2. The number of hydrogen-bond donors (Lipinski definition) is 2. The maximum Gasteiger partial charge on any atom is 0.327 e. The summed E-state index contributed by atoms with van der Waals surface area (Å²) in [5, 5.41) is 11.4. The van der Waals surface area contributed by atoms with Crippen molar-refractivity contribution in [2.24, 2.45) is 0 Å². The molecule has 1 aromatic rings. The number of hydrogen-bond acceptors (Lipinski definition) is 2. The summed E-state index contributed by atoms with van der Waals surface area (Å²) in [6.07, 6.45) is -0.118.